The van der Waals surface area contributed by atoms with E-state index in [2.05, 4.69) is 34.0 Å². The highest BCUT2D eigenvalue weighted by Crippen LogP contribution is 2.24. The normalized spacial score (nSPS) is 17.3. The number of carbonyl (C=O) groups is 1. The number of sulfonamides is 1. The summed E-state index contributed by atoms with van der Waals surface area (Å²) in [5.41, 5.74) is 2.65. The summed E-state index contributed by atoms with van der Waals surface area (Å²) in [4.78, 5) is 15.2. The fraction of sp³-hybridized carbons (Fsp3) is 0.381. The molecule has 0 aromatic heterocycles. The first-order valence-corrected chi connectivity index (χ1v) is 11.0. The third kappa shape index (κ3) is 4.77. The van der Waals surface area contributed by atoms with Crippen LogP contribution in [0.15, 0.2) is 47.4 Å². The monoisotopic (exact) mass is 417 g/mol. The average molecular weight is 418 g/mol. The minimum absolute atomic E-state index is 0.0224. The Morgan fingerprint density at radius 2 is 2.00 bits per heavy atom. The summed E-state index contributed by atoms with van der Waals surface area (Å²) in [6, 6.07) is 12.5. The lowest BCUT2D eigenvalue weighted by Crippen LogP contribution is -2.44. The maximum absolute atomic E-state index is 13.0. The molecule has 1 fully saturated rings. The number of likely N-dealkylation sites (tertiary alicyclic amines) is 1. The van der Waals surface area contributed by atoms with Crippen molar-refractivity contribution in [1.82, 2.24) is 14.9 Å². The number of hydrogen-bond acceptors (Lipinski definition) is 5. The second-order valence-electron chi connectivity index (χ2n) is 7.10. The van der Waals surface area contributed by atoms with Gasteiger partial charge in [0.2, 0.25) is 10.0 Å². The number of rotatable bonds is 7. The van der Waals surface area contributed by atoms with Crippen molar-refractivity contribution in [2.45, 2.75) is 37.4 Å². The molecule has 8 heteroatoms. The van der Waals surface area contributed by atoms with Crippen LogP contribution in [-0.4, -0.2) is 46.1 Å². The number of benzene rings is 2. The molecule has 1 aliphatic rings. The van der Waals surface area contributed by atoms with Crippen LogP contribution in [0.4, 0.5) is 0 Å². The zero-order chi connectivity index (χ0) is 21.0. The molecule has 3 rings (SSSR count). The van der Waals surface area contributed by atoms with Crippen LogP contribution in [0, 0.1) is 6.92 Å². The van der Waals surface area contributed by atoms with E-state index < -0.39 is 10.0 Å². The number of nitrogens with zero attached hydrogens (tertiary/aromatic N) is 1. The van der Waals surface area contributed by atoms with Crippen LogP contribution in [0.5, 0.6) is 5.75 Å². The summed E-state index contributed by atoms with van der Waals surface area (Å²) in [6.45, 7) is 3.73. The van der Waals surface area contributed by atoms with E-state index in [1.165, 1.54) is 43.5 Å². The SMILES string of the molecule is CNS(=O)(=O)c1ccc(OC)c(C(=O)NC2CCCN2Cc2ccccc2C)c1. The molecule has 1 atom stereocenters. The number of nitrogens with one attached hydrogen (secondary N) is 2. The Kier molecular flexibility index (Phi) is 6.56. The van der Waals surface area contributed by atoms with E-state index in [-0.39, 0.29) is 22.5 Å². The van der Waals surface area contributed by atoms with Gasteiger partial charge in [-0.25, -0.2) is 13.1 Å². The summed E-state index contributed by atoms with van der Waals surface area (Å²) in [6.07, 6.45) is 1.72. The minimum Gasteiger partial charge on any atom is -0.496 e. The molecule has 0 saturated carbocycles. The largest absolute Gasteiger partial charge is 0.496 e. The second kappa shape index (κ2) is 8.94. The van der Waals surface area contributed by atoms with E-state index in [1.54, 1.807) is 0 Å². The Balaban J connectivity index is 1.80. The van der Waals surface area contributed by atoms with Gasteiger partial charge in [-0.05, 0) is 56.1 Å². The van der Waals surface area contributed by atoms with E-state index in [0.717, 1.165) is 25.9 Å². The lowest BCUT2D eigenvalue weighted by molar-refractivity contribution is 0.0878. The van der Waals surface area contributed by atoms with Crippen LogP contribution in [-0.2, 0) is 16.6 Å². The molecule has 0 aliphatic carbocycles. The highest BCUT2D eigenvalue weighted by molar-refractivity contribution is 7.89. The van der Waals surface area contributed by atoms with Gasteiger partial charge in [-0.2, -0.15) is 0 Å². The van der Waals surface area contributed by atoms with E-state index >= 15 is 0 Å². The van der Waals surface area contributed by atoms with Gasteiger partial charge >= 0.3 is 0 Å². The molecule has 2 N–H and O–H groups in total. The van der Waals surface area contributed by atoms with E-state index in [0.29, 0.717) is 5.75 Å². The van der Waals surface area contributed by atoms with Gasteiger partial charge in [-0.3, -0.25) is 9.69 Å². The molecule has 7 nitrogen and oxygen atoms in total. The highest BCUT2D eigenvalue weighted by Gasteiger charge is 2.28. The molecule has 2 aromatic carbocycles. The molecule has 1 unspecified atom stereocenters. The fourth-order valence-electron chi connectivity index (χ4n) is 3.56. The molecule has 1 amide bonds. The van der Waals surface area contributed by atoms with Gasteiger partial charge in [0.15, 0.2) is 0 Å². The van der Waals surface area contributed by atoms with E-state index in [4.69, 9.17) is 4.74 Å². The van der Waals surface area contributed by atoms with Crippen molar-refractivity contribution in [1.29, 1.82) is 0 Å². The van der Waals surface area contributed by atoms with Crippen LogP contribution in [0.25, 0.3) is 0 Å². The number of ether oxygens (including phenoxy) is 1. The second-order valence-corrected chi connectivity index (χ2v) is 8.98. The van der Waals surface area contributed by atoms with Gasteiger partial charge < -0.3 is 10.1 Å². The standard InChI is InChI=1S/C21H27N3O4S/c1-15-7-4-5-8-16(15)14-24-12-6-9-20(24)23-21(25)18-13-17(29(26,27)22-2)10-11-19(18)28-3/h4-5,7-8,10-11,13,20,22H,6,9,12,14H2,1-3H3,(H,23,25). The number of methoxy groups -OCH3 is 1. The fourth-order valence-corrected chi connectivity index (χ4v) is 4.32. The number of carbonyl (C=O) groups excluding carboxylic acids is 1. The lowest BCUT2D eigenvalue weighted by Gasteiger charge is -2.26. The molecular formula is C21H27N3O4S. The van der Waals surface area contributed by atoms with Gasteiger partial charge in [-0.15, -0.1) is 0 Å². The molecule has 0 bridgehead atoms. The molecule has 2 aromatic rings. The van der Waals surface area contributed by atoms with Crippen molar-refractivity contribution in [2.75, 3.05) is 20.7 Å². The first-order valence-electron chi connectivity index (χ1n) is 9.56. The maximum atomic E-state index is 13.0. The number of aryl methyl sites for hydroxylation is 1. The van der Waals surface area contributed by atoms with E-state index in [9.17, 15) is 13.2 Å². The molecular weight excluding hydrogens is 390 g/mol. The Hall–Kier alpha value is -2.42. The number of hydrogen-bond donors (Lipinski definition) is 2. The summed E-state index contributed by atoms with van der Waals surface area (Å²) >= 11 is 0. The van der Waals surface area contributed by atoms with Crippen molar-refractivity contribution < 1.29 is 17.9 Å². The van der Waals surface area contributed by atoms with E-state index in [1.807, 2.05) is 12.1 Å². The Morgan fingerprint density at radius 3 is 2.69 bits per heavy atom. The van der Waals surface area contributed by atoms with Gasteiger partial charge in [0.1, 0.15) is 5.75 Å². The van der Waals surface area contributed by atoms with Crippen molar-refractivity contribution in [3.8, 4) is 5.75 Å². The van der Waals surface area contributed by atoms with Crippen LogP contribution in [0.3, 0.4) is 0 Å². The van der Waals surface area contributed by atoms with Gasteiger partial charge in [-0.1, -0.05) is 24.3 Å². The van der Waals surface area contributed by atoms with Crippen LogP contribution < -0.4 is 14.8 Å². The van der Waals surface area contributed by atoms with Crippen LogP contribution in [0.1, 0.15) is 34.3 Å². The molecule has 1 aliphatic heterocycles. The Bertz CT molecular complexity index is 991. The first-order chi connectivity index (χ1) is 13.9. The van der Waals surface area contributed by atoms with Crippen molar-refractivity contribution in [3.63, 3.8) is 0 Å². The molecule has 0 radical (unpaired) electrons. The van der Waals surface area contributed by atoms with Gasteiger partial charge in [0.05, 0.1) is 23.7 Å². The van der Waals surface area contributed by atoms with Crippen molar-refractivity contribution >= 4 is 15.9 Å². The molecule has 0 spiro atoms. The minimum atomic E-state index is -3.66. The third-order valence-corrected chi connectivity index (χ3v) is 6.70. The Morgan fingerprint density at radius 1 is 1.24 bits per heavy atom. The number of amides is 1. The lowest BCUT2D eigenvalue weighted by atomic mass is 10.1. The molecule has 1 heterocycles. The Labute approximate surface area is 172 Å². The highest BCUT2D eigenvalue weighted by atomic mass is 32.2. The summed E-state index contributed by atoms with van der Waals surface area (Å²) in [5, 5.41) is 3.05. The zero-order valence-corrected chi connectivity index (χ0v) is 17.8. The average Bonchev–Trinajstić information content (AvgIpc) is 3.15. The third-order valence-electron chi connectivity index (χ3n) is 5.29. The predicted octanol–water partition coefficient (Wildman–Crippen LogP) is 2.26. The smallest absolute Gasteiger partial charge is 0.256 e. The molecule has 156 valence electrons. The maximum Gasteiger partial charge on any atom is 0.256 e. The summed E-state index contributed by atoms with van der Waals surface area (Å²) < 4.78 is 31.8. The topological polar surface area (TPSA) is 87.7 Å². The molecule has 1 saturated heterocycles. The van der Waals surface area contributed by atoms with Crippen LogP contribution in [0.2, 0.25) is 0 Å². The first kappa shape index (κ1) is 21.3. The predicted molar refractivity (Wildman–Crippen MR) is 111 cm³/mol. The van der Waals surface area contributed by atoms with Gasteiger partial charge in [0, 0.05) is 13.1 Å². The van der Waals surface area contributed by atoms with Gasteiger partial charge in [0.25, 0.3) is 5.91 Å². The van der Waals surface area contributed by atoms with Crippen molar-refractivity contribution in [3.05, 3.63) is 59.2 Å². The quantitative estimate of drug-likeness (QED) is 0.722. The van der Waals surface area contributed by atoms with Crippen LogP contribution >= 0.6 is 0 Å². The van der Waals surface area contributed by atoms with Crippen molar-refractivity contribution in [2.24, 2.45) is 0 Å². The summed E-state index contributed by atoms with van der Waals surface area (Å²) in [7, 11) is -0.867. The molecule has 29 heavy (non-hydrogen) atoms. The zero-order valence-electron chi connectivity index (χ0n) is 16.9. The summed E-state index contributed by atoms with van der Waals surface area (Å²) in [5.74, 6) is -0.0160.